The van der Waals surface area contributed by atoms with Gasteiger partial charge in [0.25, 0.3) is 5.91 Å². The molecule has 1 N–H and O–H groups in total. The molecular formula is C21H21F5N4O3. The number of aromatic nitrogens is 3. The Morgan fingerprint density at radius 2 is 1.88 bits per heavy atom. The van der Waals surface area contributed by atoms with Gasteiger partial charge < -0.3 is 10.1 Å². The number of ketones is 1. The highest BCUT2D eigenvalue weighted by Crippen LogP contribution is 2.35. The molecular weight excluding hydrogens is 451 g/mol. The van der Waals surface area contributed by atoms with Crippen molar-refractivity contribution in [2.75, 3.05) is 6.61 Å². The van der Waals surface area contributed by atoms with Crippen LogP contribution in [0.15, 0.2) is 24.4 Å². The highest BCUT2D eigenvalue weighted by molar-refractivity contribution is 5.92. The molecule has 0 saturated heterocycles. The van der Waals surface area contributed by atoms with E-state index in [0.29, 0.717) is 11.3 Å². The highest BCUT2D eigenvalue weighted by atomic mass is 19.4. The van der Waals surface area contributed by atoms with Gasteiger partial charge in [0.1, 0.15) is 17.3 Å². The van der Waals surface area contributed by atoms with Crippen molar-refractivity contribution in [3.63, 3.8) is 0 Å². The second-order valence-corrected chi connectivity index (χ2v) is 7.84. The molecule has 1 unspecified atom stereocenters. The molecule has 0 aliphatic heterocycles. The van der Waals surface area contributed by atoms with Crippen molar-refractivity contribution in [3.8, 4) is 5.88 Å². The van der Waals surface area contributed by atoms with Gasteiger partial charge in [-0.15, -0.1) is 0 Å². The third kappa shape index (κ3) is 6.42. The lowest BCUT2D eigenvalue weighted by Gasteiger charge is -2.19. The molecule has 1 aliphatic rings. The maximum atomic E-state index is 12.9. The van der Waals surface area contributed by atoms with E-state index in [-0.39, 0.29) is 29.6 Å². The summed E-state index contributed by atoms with van der Waals surface area (Å²) in [7, 11) is 0. The van der Waals surface area contributed by atoms with Crippen molar-refractivity contribution in [2.24, 2.45) is 5.92 Å². The van der Waals surface area contributed by atoms with E-state index in [2.05, 4.69) is 25.0 Å². The second-order valence-electron chi connectivity index (χ2n) is 7.84. The summed E-state index contributed by atoms with van der Waals surface area (Å²) in [5.41, 5.74) is 1.06. The third-order valence-electron chi connectivity index (χ3n) is 4.92. The van der Waals surface area contributed by atoms with Crippen LogP contribution in [0, 0.1) is 12.8 Å². The lowest BCUT2D eigenvalue weighted by molar-refractivity contribution is -0.290. The molecule has 2 heterocycles. The molecule has 178 valence electrons. The average Bonchev–Trinajstić information content (AvgIpc) is 3.57. The van der Waals surface area contributed by atoms with Gasteiger partial charge in [0.2, 0.25) is 5.88 Å². The van der Waals surface area contributed by atoms with E-state index in [4.69, 9.17) is 0 Å². The summed E-state index contributed by atoms with van der Waals surface area (Å²) in [6, 6.07) is 3.39. The van der Waals surface area contributed by atoms with Gasteiger partial charge >= 0.3 is 12.1 Å². The first-order valence-electron chi connectivity index (χ1n) is 10.1. The zero-order valence-corrected chi connectivity index (χ0v) is 17.7. The quantitative estimate of drug-likeness (QED) is 0.559. The number of halogens is 5. The van der Waals surface area contributed by atoms with Gasteiger partial charge in [-0.05, 0) is 38.3 Å². The number of Topliss-reactive ketones (excluding diaryl/α,β-unsaturated/α-hetero) is 1. The molecule has 0 spiro atoms. The monoisotopic (exact) mass is 472 g/mol. The number of hydrogen-bond acceptors (Lipinski definition) is 6. The molecule has 7 nitrogen and oxygen atoms in total. The number of aryl methyl sites for hydroxylation is 1. The van der Waals surface area contributed by atoms with Crippen molar-refractivity contribution in [1.29, 1.82) is 0 Å². The van der Waals surface area contributed by atoms with E-state index in [1.165, 1.54) is 18.3 Å². The van der Waals surface area contributed by atoms with Crippen LogP contribution in [-0.4, -0.2) is 45.3 Å². The lowest BCUT2D eigenvalue weighted by atomic mass is 10.1. The smallest absolute Gasteiger partial charge is 0.456 e. The Morgan fingerprint density at radius 1 is 1.18 bits per heavy atom. The Labute approximate surface area is 185 Å². The van der Waals surface area contributed by atoms with Crippen LogP contribution >= 0.6 is 0 Å². The normalized spacial score (nSPS) is 15.1. The molecule has 0 radical (unpaired) electrons. The van der Waals surface area contributed by atoms with E-state index in [9.17, 15) is 31.5 Å². The molecule has 1 aliphatic carbocycles. The minimum absolute atomic E-state index is 0.0432. The number of rotatable bonds is 9. The number of nitrogens with one attached hydrogen (secondary N) is 1. The summed E-state index contributed by atoms with van der Waals surface area (Å²) >= 11 is 0. The SMILES string of the molecule is Cc1cc(C(=O)NC(C)c2ccc(OCC(F)(F)C(F)(F)F)nc2)nc(CC(=O)C2CC2)n1. The van der Waals surface area contributed by atoms with Crippen LogP contribution in [0.5, 0.6) is 5.88 Å². The van der Waals surface area contributed by atoms with Crippen LogP contribution in [-0.2, 0) is 11.2 Å². The van der Waals surface area contributed by atoms with Crippen LogP contribution in [0.2, 0.25) is 0 Å². The summed E-state index contributed by atoms with van der Waals surface area (Å²) < 4.78 is 66.9. The van der Waals surface area contributed by atoms with Crippen molar-refractivity contribution < 1.29 is 36.3 Å². The number of nitrogens with zero attached hydrogens (tertiary/aromatic N) is 3. The van der Waals surface area contributed by atoms with Gasteiger partial charge in [-0.25, -0.2) is 15.0 Å². The molecule has 3 rings (SSSR count). The number of ether oxygens (including phenoxy) is 1. The van der Waals surface area contributed by atoms with Gasteiger partial charge in [-0.2, -0.15) is 22.0 Å². The van der Waals surface area contributed by atoms with E-state index in [1.54, 1.807) is 13.8 Å². The fourth-order valence-corrected chi connectivity index (χ4v) is 2.86. The van der Waals surface area contributed by atoms with Gasteiger partial charge in [0.15, 0.2) is 6.61 Å². The minimum Gasteiger partial charge on any atom is -0.471 e. The number of carbonyl (C=O) groups is 2. The van der Waals surface area contributed by atoms with Gasteiger partial charge in [-0.3, -0.25) is 9.59 Å². The van der Waals surface area contributed by atoms with Crippen LogP contribution in [0.25, 0.3) is 0 Å². The second kappa shape index (κ2) is 9.36. The van der Waals surface area contributed by atoms with E-state index in [0.717, 1.165) is 18.9 Å². The predicted molar refractivity (Wildman–Crippen MR) is 105 cm³/mol. The molecule has 0 bridgehead atoms. The third-order valence-corrected chi connectivity index (χ3v) is 4.92. The molecule has 12 heteroatoms. The number of hydrogen-bond donors (Lipinski definition) is 1. The maximum Gasteiger partial charge on any atom is 0.456 e. The van der Waals surface area contributed by atoms with Crippen LogP contribution < -0.4 is 10.1 Å². The molecule has 2 aromatic rings. The topological polar surface area (TPSA) is 94.1 Å². The fraction of sp³-hybridized carbons (Fsp3) is 0.476. The summed E-state index contributed by atoms with van der Waals surface area (Å²) in [4.78, 5) is 36.7. The number of carbonyl (C=O) groups excluding carboxylic acids is 2. The summed E-state index contributed by atoms with van der Waals surface area (Å²) in [5.74, 6) is -5.60. The molecule has 1 saturated carbocycles. The first kappa shape index (κ1) is 24.5. The van der Waals surface area contributed by atoms with E-state index < -0.39 is 36.5 Å². The maximum absolute atomic E-state index is 12.9. The van der Waals surface area contributed by atoms with Crippen molar-refractivity contribution in [1.82, 2.24) is 20.3 Å². The predicted octanol–water partition coefficient (Wildman–Crippen LogP) is 3.77. The molecule has 2 aromatic heterocycles. The zero-order chi connectivity index (χ0) is 24.4. The zero-order valence-electron chi connectivity index (χ0n) is 17.7. The largest absolute Gasteiger partial charge is 0.471 e. The van der Waals surface area contributed by atoms with Crippen LogP contribution in [0.4, 0.5) is 22.0 Å². The number of pyridine rings is 1. The Kier molecular flexibility index (Phi) is 6.94. The fourth-order valence-electron chi connectivity index (χ4n) is 2.86. The summed E-state index contributed by atoms with van der Waals surface area (Å²) in [5, 5.41) is 2.69. The van der Waals surface area contributed by atoms with Crippen molar-refractivity contribution in [2.45, 2.75) is 51.3 Å². The first-order valence-corrected chi connectivity index (χ1v) is 10.1. The van der Waals surface area contributed by atoms with E-state index in [1.807, 2.05) is 0 Å². The van der Waals surface area contributed by atoms with Gasteiger partial charge in [-0.1, -0.05) is 6.07 Å². The molecule has 1 atom stereocenters. The average molecular weight is 472 g/mol. The molecule has 1 fully saturated rings. The Hall–Kier alpha value is -3.18. The summed E-state index contributed by atoms with van der Waals surface area (Å²) in [6.45, 7) is 1.41. The minimum atomic E-state index is -5.73. The van der Waals surface area contributed by atoms with Crippen molar-refractivity contribution in [3.05, 3.63) is 47.2 Å². The standard InChI is InChI=1S/C21H21F5N4O3/c1-11-7-15(30-17(28-11)8-16(31)13-3-4-13)19(32)29-12(2)14-5-6-18(27-9-14)33-10-20(22,23)21(24,25)26/h5-7,9,12-13H,3-4,8,10H2,1-2H3,(H,29,32). The molecule has 0 aromatic carbocycles. The van der Waals surface area contributed by atoms with Crippen LogP contribution in [0.3, 0.4) is 0 Å². The Morgan fingerprint density at radius 3 is 2.45 bits per heavy atom. The van der Waals surface area contributed by atoms with Crippen molar-refractivity contribution >= 4 is 11.7 Å². The molecule has 33 heavy (non-hydrogen) atoms. The van der Waals surface area contributed by atoms with E-state index >= 15 is 0 Å². The van der Waals surface area contributed by atoms with Crippen LogP contribution in [0.1, 0.15) is 53.4 Å². The number of alkyl halides is 5. The van der Waals surface area contributed by atoms with Gasteiger partial charge in [0, 0.05) is 23.9 Å². The van der Waals surface area contributed by atoms with Gasteiger partial charge in [0.05, 0.1) is 12.5 Å². The summed E-state index contributed by atoms with van der Waals surface area (Å²) in [6.07, 6.45) is -2.76. The first-order chi connectivity index (χ1) is 15.4. The molecule has 1 amide bonds. The Bertz CT molecular complexity index is 1020. The number of amides is 1. The lowest BCUT2D eigenvalue weighted by Crippen LogP contribution is -2.41. The highest BCUT2D eigenvalue weighted by Gasteiger charge is 2.58. The Balaban J connectivity index is 1.60.